The Balaban J connectivity index is 2.28. The Kier molecular flexibility index (Phi) is 5.11. The molecule has 25 heavy (non-hydrogen) atoms. The molecule has 1 heteroatoms. The molecule has 0 N–H and O–H groups in total. The summed E-state index contributed by atoms with van der Waals surface area (Å²) in [7, 11) is 0. The van der Waals surface area contributed by atoms with Crippen LogP contribution < -0.4 is 3.58 Å². The first-order chi connectivity index (χ1) is 11.8. The average Bonchev–Trinajstić information content (AvgIpc) is 2.48. The summed E-state index contributed by atoms with van der Waals surface area (Å²) in [6, 6.07) is 16.0. The van der Waals surface area contributed by atoms with Gasteiger partial charge in [0.25, 0.3) is 0 Å². The molecule has 3 aromatic rings. The Hall–Kier alpha value is -1.54. The van der Waals surface area contributed by atoms with Gasteiger partial charge in [0.05, 0.1) is 0 Å². The van der Waals surface area contributed by atoms with Gasteiger partial charge in [-0.1, -0.05) is 0 Å². The van der Waals surface area contributed by atoms with Crippen molar-refractivity contribution < 1.29 is 0 Å². The fourth-order valence-corrected chi connectivity index (χ4v) is 5.37. The second kappa shape index (κ2) is 6.99. The van der Waals surface area contributed by atoms with Crippen molar-refractivity contribution in [3.63, 3.8) is 0 Å². The Morgan fingerprint density at radius 2 is 0.880 bits per heavy atom. The minimum absolute atomic E-state index is 1.34. The van der Waals surface area contributed by atoms with Gasteiger partial charge in [0, 0.05) is 0 Å². The van der Waals surface area contributed by atoms with Crippen LogP contribution in [0.25, 0.3) is 22.3 Å². The van der Waals surface area contributed by atoms with Crippen LogP contribution >= 0.6 is 0 Å². The summed E-state index contributed by atoms with van der Waals surface area (Å²) < 4.78 is 1.46. The second-order valence-corrected chi connectivity index (χ2v) is 8.70. The molecule has 0 bridgehead atoms. The molecule has 0 saturated heterocycles. The van der Waals surface area contributed by atoms with Gasteiger partial charge >= 0.3 is 166 Å². The molecule has 0 aliphatic rings. The van der Waals surface area contributed by atoms with Gasteiger partial charge in [-0.3, -0.25) is 0 Å². The monoisotopic (exact) mass is 433 g/mol. The van der Waals surface area contributed by atoms with Crippen LogP contribution in [-0.4, -0.2) is 22.5 Å². The van der Waals surface area contributed by atoms with Gasteiger partial charge in [0.15, 0.2) is 0 Å². The summed E-state index contributed by atoms with van der Waals surface area (Å²) in [5, 5.41) is 0. The summed E-state index contributed by atoms with van der Waals surface area (Å²) in [5.41, 5.74) is 13.8. The fourth-order valence-electron chi connectivity index (χ4n) is 4.18. The number of hydrogen-bond donors (Lipinski definition) is 0. The van der Waals surface area contributed by atoms with Gasteiger partial charge in [-0.25, -0.2) is 0 Å². The predicted octanol–water partition coefficient (Wildman–Crippen LogP) is 5.66. The Morgan fingerprint density at radius 3 is 1.20 bits per heavy atom. The first-order valence-corrected chi connectivity index (χ1v) is 10.2. The van der Waals surface area contributed by atoms with Crippen LogP contribution in [0.3, 0.4) is 0 Å². The zero-order valence-electron chi connectivity index (χ0n) is 16.0. The number of benzene rings is 3. The summed E-state index contributed by atoms with van der Waals surface area (Å²) in [6.07, 6.45) is 0. The SMILES string of the molecule is Cc1cc(C)c(-c2cccc(-c3c(C)cc(C)cc3C)[c]2[Sn])c(C)c1. The Bertz CT molecular complexity index is 842. The van der Waals surface area contributed by atoms with Crippen LogP contribution in [-0.2, 0) is 0 Å². The van der Waals surface area contributed by atoms with Gasteiger partial charge in [-0.15, -0.1) is 0 Å². The third-order valence-electron chi connectivity index (χ3n) is 4.96. The third-order valence-corrected chi connectivity index (χ3v) is 6.49. The van der Waals surface area contributed by atoms with E-state index in [1.165, 1.54) is 81.7 Å². The summed E-state index contributed by atoms with van der Waals surface area (Å²) in [5.74, 6) is 0. The molecule has 0 aliphatic heterocycles. The van der Waals surface area contributed by atoms with E-state index in [1.54, 1.807) is 0 Å². The van der Waals surface area contributed by atoms with E-state index < -0.39 is 0 Å². The van der Waals surface area contributed by atoms with Crippen molar-refractivity contribution in [2.75, 3.05) is 0 Å². The van der Waals surface area contributed by atoms with Crippen molar-refractivity contribution in [1.82, 2.24) is 0 Å². The molecule has 0 heterocycles. The van der Waals surface area contributed by atoms with Crippen LogP contribution in [0.5, 0.6) is 0 Å². The summed E-state index contributed by atoms with van der Waals surface area (Å²) in [6.45, 7) is 13.3. The average molecular weight is 432 g/mol. The van der Waals surface area contributed by atoms with E-state index in [0.717, 1.165) is 0 Å². The van der Waals surface area contributed by atoms with E-state index in [9.17, 15) is 0 Å². The van der Waals surface area contributed by atoms with Crippen LogP contribution in [0.1, 0.15) is 33.4 Å². The zero-order chi connectivity index (χ0) is 18.3. The minimum atomic E-state index is 1.34. The van der Waals surface area contributed by atoms with Crippen molar-refractivity contribution in [2.45, 2.75) is 41.5 Å². The van der Waals surface area contributed by atoms with Gasteiger partial charge < -0.3 is 0 Å². The standard InChI is InChI=1S/C24H25.Sn/c1-15-10-17(3)23(18(4)11-15)21-8-7-9-22(14-21)24-19(5)12-16(2)13-20(24)6;/h7-13H,1-6H3;. The van der Waals surface area contributed by atoms with E-state index in [0.29, 0.717) is 0 Å². The van der Waals surface area contributed by atoms with Gasteiger partial charge in [-0.2, -0.15) is 0 Å². The van der Waals surface area contributed by atoms with Gasteiger partial charge in [0.2, 0.25) is 0 Å². The molecule has 0 atom stereocenters. The van der Waals surface area contributed by atoms with Gasteiger partial charge in [-0.05, 0) is 0 Å². The van der Waals surface area contributed by atoms with Crippen LogP contribution in [0, 0.1) is 41.5 Å². The maximum absolute atomic E-state index is 2.30. The molecule has 0 amide bonds. The molecule has 0 aliphatic carbocycles. The molecule has 3 radical (unpaired) electrons. The predicted molar refractivity (Wildman–Crippen MR) is 111 cm³/mol. The molecule has 0 aromatic heterocycles. The molecular weight excluding hydrogens is 407 g/mol. The molecule has 0 saturated carbocycles. The number of hydrogen-bond acceptors (Lipinski definition) is 0. The van der Waals surface area contributed by atoms with E-state index in [-0.39, 0.29) is 0 Å². The van der Waals surface area contributed by atoms with E-state index in [4.69, 9.17) is 0 Å². The van der Waals surface area contributed by atoms with Crippen molar-refractivity contribution >= 4 is 26.1 Å². The first kappa shape index (κ1) is 18.3. The van der Waals surface area contributed by atoms with Gasteiger partial charge in [0.1, 0.15) is 0 Å². The van der Waals surface area contributed by atoms with Crippen LogP contribution in [0.2, 0.25) is 0 Å². The quantitative estimate of drug-likeness (QED) is 0.459. The van der Waals surface area contributed by atoms with Crippen molar-refractivity contribution in [1.29, 1.82) is 0 Å². The fraction of sp³-hybridized carbons (Fsp3) is 0.250. The third kappa shape index (κ3) is 3.42. The number of rotatable bonds is 2. The molecule has 0 fully saturated rings. The topological polar surface area (TPSA) is 0 Å². The second-order valence-electron chi connectivity index (χ2n) is 7.28. The molecule has 3 rings (SSSR count). The van der Waals surface area contributed by atoms with E-state index in [1.807, 2.05) is 0 Å². The normalized spacial score (nSPS) is 11.0. The summed E-state index contributed by atoms with van der Waals surface area (Å²) in [4.78, 5) is 0. The van der Waals surface area contributed by atoms with Crippen molar-refractivity contribution in [3.8, 4) is 22.3 Å². The van der Waals surface area contributed by atoms with E-state index in [2.05, 4.69) is 84.0 Å². The van der Waals surface area contributed by atoms with Crippen LogP contribution in [0.4, 0.5) is 0 Å². The first-order valence-electron chi connectivity index (χ1n) is 8.80. The Morgan fingerprint density at radius 1 is 0.560 bits per heavy atom. The molecule has 0 unspecified atom stereocenters. The Labute approximate surface area is 165 Å². The molecule has 0 nitrogen and oxygen atoms in total. The molecule has 3 aromatic carbocycles. The maximum atomic E-state index is 2.30. The van der Waals surface area contributed by atoms with E-state index >= 15 is 0 Å². The number of aryl methyl sites for hydroxylation is 6. The van der Waals surface area contributed by atoms with Crippen molar-refractivity contribution in [2.24, 2.45) is 0 Å². The zero-order valence-corrected chi connectivity index (χ0v) is 18.9. The molecule has 0 spiro atoms. The molecule has 125 valence electrons. The van der Waals surface area contributed by atoms with Crippen molar-refractivity contribution in [3.05, 3.63) is 75.8 Å². The van der Waals surface area contributed by atoms with Crippen LogP contribution in [0.15, 0.2) is 42.5 Å². The summed E-state index contributed by atoms with van der Waals surface area (Å²) >= 11 is 1.47. The molecular formula is C24H25Sn.